The van der Waals surface area contributed by atoms with E-state index in [1.807, 2.05) is 12.1 Å². The Hall–Kier alpha value is -2.01. The highest BCUT2D eigenvalue weighted by atomic mass is 32.1. The van der Waals surface area contributed by atoms with Crippen molar-refractivity contribution in [2.75, 3.05) is 13.7 Å². The second-order valence-corrected chi connectivity index (χ2v) is 5.74. The van der Waals surface area contributed by atoms with Crippen LogP contribution in [0.2, 0.25) is 0 Å². The van der Waals surface area contributed by atoms with E-state index in [9.17, 15) is 4.79 Å². The van der Waals surface area contributed by atoms with E-state index in [1.54, 1.807) is 30.6 Å². The summed E-state index contributed by atoms with van der Waals surface area (Å²) in [4.78, 5) is 13.1. The van der Waals surface area contributed by atoms with Crippen LogP contribution in [0.3, 0.4) is 0 Å². The fraction of sp³-hybridized carbons (Fsp3) is 0.312. The SMILES string of the molecule is COc1ccccc1OCC(=O)NCc1csc(C)c1C. The van der Waals surface area contributed by atoms with E-state index in [2.05, 4.69) is 24.5 Å². The highest BCUT2D eigenvalue weighted by Crippen LogP contribution is 2.25. The van der Waals surface area contributed by atoms with E-state index in [0.29, 0.717) is 18.0 Å². The Morgan fingerprint density at radius 2 is 1.95 bits per heavy atom. The second kappa shape index (κ2) is 7.13. The molecule has 21 heavy (non-hydrogen) atoms. The normalized spacial score (nSPS) is 10.2. The van der Waals surface area contributed by atoms with Crippen LogP contribution in [0.1, 0.15) is 16.0 Å². The van der Waals surface area contributed by atoms with Crippen LogP contribution in [0.15, 0.2) is 29.6 Å². The Morgan fingerprint density at radius 3 is 2.57 bits per heavy atom. The lowest BCUT2D eigenvalue weighted by atomic mass is 10.2. The van der Waals surface area contributed by atoms with Gasteiger partial charge in [0.05, 0.1) is 7.11 Å². The fourth-order valence-corrected chi connectivity index (χ4v) is 2.75. The standard InChI is InChI=1S/C16H19NO3S/c1-11-12(2)21-10-13(11)8-17-16(18)9-20-15-7-5-4-6-14(15)19-3/h4-7,10H,8-9H2,1-3H3,(H,17,18). The molecule has 1 aromatic carbocycles. The fourth-order valence-electron chi connectivity index (χ4n) is 1.86. The van der Waals surface area contributed by atoms with E-state index in [-0.39, 0.29) is 12.5 Å². The third-order valence-corrected chi connectivity index (χ3v) is 4.35. The van der Waals surface area contributed by atoms with Crippen molar-refractivity contribution >= 4 is 17.2 Å². The van der Waals surface area contributed by atoms with Gasteiger partial charge in [-0.1, -0.05) is 12.1 Å². The Labute approximate surface area is 128 Å². The first kappa shape index (κ1) is 15.4. The average molecular weight is 305 g/mol. The summed E-state index contributed by atoms with van der Waals surface area (Å²) in [5.74, 6) is 1.04. The van der Waals surface area contributed by atoms with E-state index in [1.165, 1.54) is 10.4 Å². The maximum Gasteiger partial charge on any atom is 0.258 e. The summed E-state index contributed by atoms with van der Waals surface area (Å²) in [5, 5.41) is 4.94. The summed E-state index contributed by atoms with van der Waals surface area (Å²) in [5.41, 5.74) is 2.40. The summed E-state index contributed by atoms with van der Waals surface area (Å²) in [6.45, 7) is 4.65. The minimum absolute atomic E-state index is 0.0253. The number of thiophene rings is 1. The van der Waals surface area contributed by atoms with Gasteiger partial charge in [0.25, 0.3) is 5.91 Å². The molecule has 0 radical (unpaired) electrons. The smallest absolute Gasteiger partial charge is 0.258 e. The lowest BCUT2D eigenvalue weighted by Gasteiger charge is -2.10. The lowest BCUT2D eigenvalue weighted by Crippen LogP contribution is -2.28. The number of carbonyl (C=O) groups excluding carboxylic acids is 1. The van der Waals surface area contributed by atoms with Gasteiger partial charge in [0.1, 0.15) is 0 Å². The summed E-state index contributed by atoms with van der Waals surface area (Å²) >= 11 is 1.70. The molecule has 1 aromatic heterocycles. The zero-order valence-corrected chi connectivity index (χ0v) is 13.3. The highest BCUT2D eigenvalue weighted by Gasteiger charge is 2.08. The Bertz CT molecular complexity index is 622. The van der Waals surface area contributed by atoms with Crippen LogP contribution in [-0.2, 0) is 11.3 Å². The van der Waals surface area contributed by atoms with Gasteiger partial charge in [-0.3, -0.25) is 4.79 Å². The first-order valence-electron chi connectivity index (χ1n) is 6.68. The van der Waals surface area contributed by atoms with Crippen molar-refractivity contribution in [3.8, 4) is 11.5 Å². The molecule has 2 aromatic rings. The third-order valence-electron chi connectivity index (χ3n) is 3.29. The summed E-state index contributed by atoms with van der Waals surface area (Å²) in [6, 6.07) is 7.27. The van der Waals surface area contributed by atoms with E-state index < -0.39 is 0 Å². The van der Waals surface area contributed by atoms with Crippen molar-refractivity contribution in [2.24, 2.45) is 0 Å². The number of amides is 1. The zero-order chi connectivity index (χ0) is 15.2. The van der Waals surface area contributed by atoms with Gasteiger partial charge in [-0.15, -0.1) is 11.3 Å². The molecule has 0 saturated heterocycles. The molecular weight excluding hydrogens is 286 g/mol. The number of methoxy groups -OCH3 is 1. The van der Waals surface area contributed by atoms with Crippen molar-refractivity contribution < 1.29 is 14.3 Å². The maximum absolute atomic E-state index is 11.8. The van der Waals surface area contributed by atoms with Gasteiger partial charge in [-0.2, -0.15) is 0 Å². The van der Waals surface area contributed by atoms with Crippen molar-refractivity contribution in [3.63, 3.8) is 0 Å². The maximum atomic E-state index is 11.8. The number of hydrogen-bond acceptors (Lipinski definition) is 4. The van der Waals surface area contributed by atoms with Gasteiger partial charge in [-0.05, 0) is 42.5 Å². The first-order valence-corrected chi connectivity index (χ1v) is 7.56. The number of hydrogen-bond donors (Lipinski definition) is 1. The minimum atomic E-state index is -0.149. The quantitative estimate of drug-likeness (QED) is 0.892. The summed E-state index contributed by atoms with van der Waals surface area (Å²) in [6.07, 6.45) is 0. The molecule has 112 valence electrons. The van der Waals surface area contributed by atoms with Gasteiger partial charge >= 0.3 is 0 Å². The molecule has 0 saturated carbocycles. The molecular formula is C16H19NO3S. The van der Waals surface area contributed by atoms with Gasteiger partial charge in [-0.25, -0.2) is 0 Å². The van der Waals surface area contributed by atoms with Crippen molar-refractivity contribution in [3.05, 3.63) is 45.6 Å². The van der Waals surface area contributed by atoms with Crippen LogP contribution in [0.5, 0.6) is 11.5 Å². The number of ether oxygens (including phenoxy) is 2. The molecule has 1 amide bonds. The average Bonchev–Trinajstić information content (AvgIpc) is 2.82. The molecule has 0 bridgehead atoms. The molecule has 0 spiro atoms. The zero-order valence-electron chi connectivity index (χ0n) is 12.4. The number of rotatable bonds is 6. The Morgan fingerprint density at radius 1 is 1.24 bits per heavy atom. The van der Waals surface area contributed by atoms with Crippen molar-refractivity contribution in [1.29, 1.82) is 0 Å². The molecule has 0 atom stereocenters. The predicted molar refractivity (Wildman–Crippen MR) is 84.1 cm³/mol. The molecule has 0 aliphatic rings. The molecule has 0 unspecified atom stereocenters. The largest absolute Gasteiger partial charge is 0.493 e. The third kappa shape index (κ3) is 3.98. The van der Waals surface area contributed by atoms with E-state index in [0.717, 1.165) is 5.56 Å². The van der Waals surface area contributed by atoms with E-state index in [4.69, 9.17) is 9.47 Å². The molecule has 2 rings (SSSR count). The highest BCUT2D eigenvalue weighted by molar-refractivity contribution is 7.10. The van der Waals surface area contributed by atoms with Crippen LogP contribution in [0, 0.1) is 13.8 Å². The predicted octanol–water partition coefficient (Wildman–Crippen LogP) is 3.07. The Kier molecular flexibility index (Phi) is 5.22. The molecule has 0 aliphatic heterocycles. The van der Waals surface area contributed by atoms with Crippen molar-refractivity contribution in [1.82, 2.24) is 5.32 Å². The topological polar surface area (TPSA) is 47.6 Å². The number of para-hydroxylation sites is 2. The van der Waals surface area contributed by atoms with E-state index >= 15 is 0 Å². The number of nitrogens with one attached hydrogen (secondary N) is 1. The van der Waals surface area contributed by atoms with Gasteiger partial charge in [0.15, 0.2) is 18.1 Å². The Balaban J connectivity index is 1.84. The van der Waals surface area contributed by atoms with Gasteiger partial charge in [0.2, 0.25) is 0 Å². The lowest BCUT2D eigenvalue weighted by molar-refractivity contribution is -0.123. The summed E-state index contributed by atoms with van der Waals surface area (Å²) in [7, 11) is 1.57. The number of carbonyl (C=O) groups is 1. The van der Waals surface area contributed by atoms with Crippen LogP contribution in [0.25, 0.3) is 0 Å². The molecule has 1 heterocycles. The summed E-state index contributed by atoms with van der Waals surface area (Å²) < 4.78 is 10.6. The van der Waals surface area contributed by atoms with Gasteiger partial charge in [0, 0.05) is 11.4 Å². The molecule has 4 nitrogen and oxygen atoms in total. The van der Waals surface area contributed by atoms with Crippen LogP contribution < -0.4 is 14.8 Å². The first-order chi connectivity index (χ1) is 10.1. The number of benzene rings is 1. The minimum Gasteiger partial charge on any atom is -0.493 e. The van der Waals surface area contributed by atoms with Crippen molar-refractivity contribution in [2.45, 2.75) is 20.4 Å². The van der Waals surface area contributed by atoms with Crippen LogP contribution in [0.4, 0.5) is 0 Å². The monoisotopic (exact) mass is 305 g/mol. The molecule has 0 aliphatic carbocycles. The molecule has 0 fully saturated rings. The number of aryl methyl sites for hydroxylation is 1. The van der Waals surface area contributed by atoms with Gasteiger partial charge < -0.3 is 14.8 Å². The molecule has 1 N–H and O–H groups in total. The second-order valence-electron chi connectivity index (χ2n) is 4.66. The van der Waals surface area contributed by atoms with Crippen LogP contribution >= 0.6 is 11.3 Å². The van der Waals surface area contributed by atoms with Crippen LogP contribution in [-0.4, -0.2) is 19.6 Å². The molecule has 5 heteroatoms.